The van der Waals surface area contributed by atoms with Crippen LogP contribution in [0.2, 0.25) is 0 Å². The number of para-hydroxylation sites is 1. The SMILES string of the molecule is COc1ccccc1[C@H]1CC(=O)c2cn3nc(SCc4cccc5ccccc45)nc3nc2C1. The molecule has 7 heteroatoms. The highest BCUT2D eigenvalue weighted by Crippen LogP contribution is 2.36. The number of nitrogens with zero attached hydrogens (tertiary/aromatic N) is 4. The molecule has 0 radical (unpaired) electrons. The van der Waals surface area contributed by atoms with E-state index < -0.39 is 0 Å². The summed E-state index contributed by atoms with van der Waals surface area (Å²) >= 11 is 1.58. The standard InChI is InChI=1S/C27H22N4O2S/c1-33-25-12-5-4-11-21(25)19-13-23-22(24(32)14-19)15-31-26(28-23)29-27(30-31)34-16-18-9-6-8-17-7-2-3-10-20(17)18/h2-12,15,19H,13-14,16H2,1H3/t19-/m1/s1. The van der Waals surface area contributed by atoms with E-state index in [9.17, 15) is 4.79 Å². The van der Waals surface area contributed by atoms with Gasteiger partial charge in [-0.2, -0.15) is 4.98 Å². The maximum Gasteiger partial charge on any atom is 0.253 e. The number of ketones is 1. The maximum atomic E-state index is 13.0. The number of benzene rings is 3. The summed E-state index contributed by atoms with van der Waals surface area (Å²) in [6, 6.07) is 22.6. The summed E-state index contributed by atoms with van der Waals surface area (Å²) in [7, 11) is 1.66. The molecule has 0 aliphatic heterocycles. The Morgan fingerprint density at radius 3 is 2.74 bits per heavy atom. The highest BCUT2D eigenvalue weighted by Gasteiger charge is 2.30. The third kappa shape index (κ3) is 3.72. The first-order valence-corrected chi connectivity index (χ1v) is 12.2. The zero-order valence-electron chi connectivity index (χ0n) is 18.6. The fourth-order valence-electron chi connectivity index (χ4n) is 4.71. The molecule has 5 aromatic rings. The number of aromatic nitrogens is 4. The van der Waals surface area contributed by atoms with Crippen molar-refractivity contribution < 1.29 is 9.53 Å². The van der Waals surface area contributed by atoms with Crippen LogP contribution < -0.4 is 4.74 Å². The van der Waals surface area contributed by atoms with Crippen molar-refractivity contribution in [2.75, 3.05) is 7.11 Å². The molecule has 0 unspecified atom stereocenters. The summed E-state index contributed by atoms with van der Waals surface area (Å²) < 4.78 is 7.16. The van der Waals surface area contributed by atoms with Gasteiger partial charge in [-0.15, -0.1) is 5.10 Å². The fourth-order valence-corrected chi connectivity index (χ4v) is 5.54. The Balaban J connectivity index is 1.28. The van der Waals surface area contributed by atoms with Gasteiger partial charge in [0.1, 0.15) is 5.75 Å². The van der Waals surface area contributed by atoms with Gasteiger partial charge in [-0.3, -0.25) is 4.79 Å². The molecule has 6 rings (SSSR count). The molecule has 0 N–H and O–H groups in total. The van der Waals surface area contributed by atoms with Crippen molar-refractivity contribution in [3.8, 4) is 5.75 Å². The highest BCUT2D eigenvalue weighted by atomic mass is 32.2. The van der Waals surface area contributed by atoms with E-state index in [0.29, 0.717) is 29.3 Å². The molecule has 0 amide bonds. The van der Waals surface area contributed by atoms with E-state index in [-0.39, 0.29) is 11.7 Å². The second kappa shape index (κ2) is 8.57. The van der Waals surface area contributed by atoms with Crippen molar-refractivity contribution >= 4 is 34.1 Å². The molecular weight excluding hydrogens is 444 g/mol. The summed E-state index contributed by atoms with van der Waals surface area (Å²) in [4.78, 5) is 22.4. The van der Waals surface area contributed by atoms with Gasteiger partial charge in [0.25, 0.3) is 5.78 Å². The molecule has 1 aliphatic rings. The van der Waals surface area contributed by atoms with Crippen LogP contribution in [0.5, 0.6) is 5.75 Å². The molecule has 2 heterocycles. The van der Waals surface area contributed by atoms with Gasteiger partial charge in [-0.05, 0) is 34.4 Å². The Kier molecular flexibility index (Phi) is 5.26. The summed E-state index contributed by atoms with van der Waals surface area (Å²) in [5, 5.41) is 7.70. The number of methoxy groups -OCH3 is 1. The largest absolute Gasteiger partial charge is 0.496 e. The smallest absolute Gasteiger partial charge is 0.253 e. The molecule has 0 spiro atoms. The number of carbonyl (C=O) groups excluding carboxylic acids is 1. The lowest BCUT2D eigenvalue weighted by Crippen LogP contribution is -2.21. The topological polar surface area (TPSA) is 69.4 Å². The van der Waals surface area contributed by atoms with Crippen LogP contribution >= 0.6 is 11.8 Å². The van der Waals surface area contributed by atoms with Crippen molar-refractivity contribution in [3.05, 3.63) is 95.3 Å². The van der Waals surface area contributed by atoms with Gasteiger partial charge >= 0.3 is 0 Å². The molecule has 1 aliphatic carbocycles. The predicted octanol–water partition coefficient (Wildman–Crippen LogP) is 5.49. The number of carbonyl (C=O) groups is 1. The number of hydrogen-bond acceptors (Lipinski definition) is 6. The average molecular weight is 467 g/mol. The minimum Gasteiger partial charge on any atom is -0.496 e. The van der Waals surface area contributed by atoms with Crippen molar-refractivity contribution in [1.82, 2.24) is 19.6 Å². The lowest BCUT2D eigenvalue weighted by atomic mass is 9.82. The third-order valence-corrected chi connectivity index (χ3v) is 7.26. The second-order valence-corrected chi connectivity index (χ2v) is 9.38. The Morgan fingerprint density at radius 2 is 1.82 bits per heavy atom. The number of Topliss-reactive ketones (excluding diaryl/α,β-unsaturated/α-hetero) is 1. The van der Waals surface area contributed by atoms with Crippen molar-refractivity contribution in [1.29, 1.82) is 0 Å². The van der Waals surface area contributed by atoms with Crippen LogP contribution in [-0.2, 0) is 12.2 Å². The Labute approximate surface area is 201 Å². The van der Waals surface area contributed by atoms with Crippen LogP contribution in [0, 0.1) is 0 Å². The molecular formula is C27H22N4O2S. The molecule has 0 saturated carbocycles. The van der Waals surface area contributed by atoms with Crippen LogP contribution in [0.4, 0.5) is 0 Å². The van der Waals surface area contributed by atoms with Gasteiger partial charge < -0.3 is 4.74 Å². The van der Waals surface area contributed by atoms with Crippen molar-refractivity contribution in [2.45, 2.75) is 29.7 Å². The van der Waals surface area contributed by atoms with E-state index in [2.05, 4.69) is 52.5 Å². The van der Waals surface area contributed by atoms with Crippen molar-refractivity contribution in [2.24, 2.45) is 0 Å². The molecule has 0 bridgehead atoms. The summed E-state index contributed by atoms with van der Waals surface area (Å²) in [5.41, 5.74) is 3.69. The van der Waals surface area contributed by atoms with E-state index in [1.807, 2.05) is 24.3 Å². The number of ether oxygens (including phenoxy) is 1. The van der Waals surface area contributed by atoms with Gasteiger partial charge in [0.2, 0.25) is 5.16 Å². The number of fused-ring (bicyclic) bond motifs is 3. The van der Waals surface area contributed by atoms with Crippen LogP contribution in [0.25, 0.3) is 16.6 Å². The Bertz CT molecular complexity index is 1540. The molecule has 0 saturated heterocycles. The summed E-state index contributed by atoms with van der Waals surface area (Å²) in [5.74, 6) is 2.19. The van der Waals surface area contributed by atoms with Gasteiger partial charge in [-0.25, -0.2) is 9.50 Å². The van der Waals surface area contributed by atoms with Crippen LogP contribution in [-0.4, -0.2) is 32.5 Å². The molecule has 2 aromatic heterocycles. The molecule has 168 valence electrons. The molecule has 1 atom stereocenters. The Hall–Kier alpha value is -3.71. The first-order valence-electron chi connectivity index (χ1n) is 11.2. The number of thioether (sulfide) groups is 1. The van der Waals surface area contributed by atoms with Gasteiger partial charge in [0.15, 0.2) is 5.78 Å². The van der Waals surface area contributed by atoms with E-state index in [1.54, 1.807) is 29.6 Å². The molecule has 3 aromatic carbocycles. The van der Waals surface area contributed by atoms with Gasteiger partial charge in [0, 0.05) is 24.3 Å². The first-order chi connectivity index (χ1) is 16.7. The van der Waals surface area contributed by atoms with Crippen LogP contribution in [0.15, 0.2) is 78.1 Å². The van der Waals surface area contributed by atoms with E-state index in [4.69, 9.17) is 9.72 Å². The minimum absolute atomic E-state index is 0.0363. The normalized spacial score (nSPS) is 15.6. The average Bonchev–Trinajstić information content (AvgIpc) is 3.28. The minimum atomic E-state index is 0.0363. The predicted molar refractivity (Wildman–Crippen MR) is 133 cm³/mol. The zero-order chi connectivity index (χ0) is 23.1. The van der Waals surface area contributed by atoms with E-state index in [1.165, 1.54) is 16.3 Å². The fraction of sp³-hybridized carbons (Fsp3) is 0.185. The van der Waals surface area contributed by atoms with Gasteiger partial charge in [-0.1, -0.05) is 72.4 Å². The summed E-state index contributed by atoms with van der Waals surface area (Å²) in [6.07, 6.45) is 2.88. The maximum absolute atomic E-state index is 13.0. The monoisotopic (exact) mass is 466 g/mol. The van der Waals surface area contributed by atoms with Gasteiger partial charge in [0.05, 0.1) is 18.4 Å². The molecule has 0 fully saturated rings. The van der Waals surface area contributed by atoms with Crippen LogP contribution in [0.1, 0.15) is 39.5 Å². The highest BCUT2D eigenvalue weighted by molar-refractivity contribution is 7.98. The summed E-state index contributed by atoms with van der Waals surface area (Å²) in [6.45, 7) is 0. The third-order valence-electron chi connectivity index (χ3n) is 6.38. The Morgan fingerprint density at radius 1 is 1.00 bits per heavy atom. The lowest BCUT2D eigenvalue weighted by molar-refractivity contribution is 0.0962. The lowest BCUT2D eigenvalue weighted by Gasteiger charge is -2.24. The molecule has 34 heavy (non-hydrogen) atoms. The second-order valence-electron chi connectivity index (χ2n) is 8.44. The van der Waals surface area contributed by atoms with Crippen LogP contribution in [0.3, 0.4) is 0 Å². The number of hydrogen-bond donors (Lipinski definition) is 0. The van der Waals surface area contributed by atoms with E-state index >= 15 is 0 Å². The first kappa shape index (κ1) is 20.9. The quantitative estimate of drug-likeness (QED) is 0.319. The van der Waals surface area contributed by atoms with E-state index in [0.717, 1.165) is 22.8 Å². The van der Waals surface area contributed by atoms with Crippen molar-refractivity contribution in [3.63, 3.8) is 0 Å². The molecule has 6 nitrogen and oxygen atoms in total. The number of rotatable bonds is 5. The zero-order valence-corrected chi connectivity index (χ0v) is 19.5.